The molecule has 0 spiro atoms. The fraction of sp³-hybridized carbons (Fsp3) is 0.464. The molecule has 3 aromatic rings. The van der Waals surface area contributed by atoms with Gasteiger partial charge in [0.1, 0.15) is 5.82 Å². The molecular weight excluding hydrogens is 555 g/mol. The lowest BCUT2D eigenvalue weighted by Gasteiger charge is -2.28. The van der Waals surface area contributed by atoms with Gasteiger partial charge in [0.2, 0.25) is 0 Å². The van der Waals surface area contributed by atoms with Crippen molar-refractivity contribution in [3.8, 4) is 11.1 Å². The predicted octanol–water partition coefficient (Wildman–Crippen LogP) is 3.01. The Morgan fingerprint density at radius 2 is 2.05 bits per heavy atom. The summed E-state index contributed by atoms with van der Waals surface area (Å²) in [5.41, 5.74) is 6.54. The second kappa shape index (κ2) is 13.2. The fourth-order valence-electron chi connectivity index (χ4n) is 4.46. The molecule has 1 unspecified atom stereocenters. The number of amides is 1. The molecule has 2 atom stereocenters. The van der Waals surface area contributed by atoms with Gasteiger partial charge in [0.05, 0.1) is 23.8 Å². The van der Waals surface area contributed by atoms with E-state index in [-0.39, 0.29) is 18.4 Å². The third-order valence-corrected chi connectivity index (χ3v) is 9.27. The molecule has 2 heterocycles. The van der Waals surface area contributed by atoms with E-state index in [1.165, 1.54) is 23.9 Å². The Morgan fingerprint density at radius 1 is 1.24 bits per heavy atom. The average molecular weight is 591 g/mol. The van der Waals surface area contributed by atoms with Gasteiger partial charge in [-0.15, -0.1) is 0 Å². The van der Waals surface area contributed by atoms with Crippen LogP contribution >= 0.6 is 0 Å². The summed E-state index contributed by atoms with van der Waals surface area (Å²) < 4.78 is 45.0. The largest absolute Gasteiger partial charge is 0.350 e. The number of hydroxylamine groups is 2. The van der Waals surface area contributed by atoms with Crippen LogP contribution in [0.5, 0.6) is 0 Å². The van der Waals surface area contributed by atoms with Crippen molar-refractivity contribution in [2.75, 3.05) is 19.5 Å². The summed E-state index contributed by atoms with van der Waals surface area (Å²) in [6, 6.07) is 9.66. The highest BCUT2D eigenvalue weighted by molar-refractivity contribution is 7.92. The maximum Gasteiger partial charge on any atom is 0.264 e. The van der Waals surface area contributed by atoms with Crippen LogP contribution in [0.3, 0.4) is 0 Å². The molecule has 2 aromatic carbocycles. The van der Waals surface area contributed by atoms with Gasteiger partial charge in [-0.2, -0.15) is 5.48 Å². The van der Waals surface area contributed by atoms with Crippen molar-refractivity contribution in [1.29, 1.82) is 0 Å². The molecule has 1 saturated heterocycles. The van der Waals surface area contributed by atoms with Crippen LogP contribution in [0.25, 0.3) is 22.0 Å². The van der Waals surface area contributed by atoms with E-state index in [1.54, 1.807) is 30.3 Å². The minimum atomic E-state index is -3.91. The highest BCUT2D eigenvalue weighted by Gasteiger charge is 2.44. The first-order chi connectivity index (χ1) is 19.5. The Balaban J connectivity index is 1.50. The molecular formula is C28H35FN4O7S. The number of aryl methyl sites for hydroxylation is 1. The van der Waals surface area contributed by atoms with Gasteiger partial charge in [-0.1, -0.05) is 18.2 Å². The van der Waals surface area contributed by atoms with E-state index in [1.807, 2.05) is 6.92 Å². The number of hydrogen-bond acceptors (Lipinski definition) is 9. The maximum atomic E-state index is 14.9. The van der Waals surface area contributed by atoms with Gasteiger partial charge >= 0.3 is 0 Å². The fourth-order valence-corrected chi connectivity index (χ4v) is 5.30. The second-order valence-electron chi connectivity index (χ2n) is 10.1. The molecule has 4 rings (SSSR count). The number of carbonyl (C=O) groups excluding carboxylic acids is 1. The molecule has 1 aliphatic rings. The molecule has 0 saturated carbocycles. The lowest BCUT2D eigenvalue weighted by atomic mass is 10.0. The van der Waals surface area contributed by atoms with Crippen molar-refractivity contribution in [1.82, 2.24) is 20.5 Å². The Hall–Kier alpha value is -3.23. The maximum absolute atomic E-state index is 14.9. The molecule has 11 nitrogen and oxygen atoms in total. The number of hydrogen-bond donors (Lipinski definition) is 2. The first-order valence-corrected chi connectivity index (χ1v) is 15.3. The predicted molar refractivity (Wildman–Crippen MR) is 151 cm³/mol. The van der Waals surface area contributed by atoms with Crippen LogP contribution in [0, 0.1) is 5.82 Å². The molecule has 0 aliphatic carbocycles. The van der Waals surface area contributed by atoms with Crippen LogP contribution in [-0.4, -0.2) is 54.4 Å². The van der Waals surface area contributed by atoms with Crippen molar-refractivity contribution >= 4 is 26.6 Å². The zero-order chi connectivity index (χ0) is 29.6. The van der Waals surface area contributed by atoms with Crippen LogP contribution in [0.4, 0.5) is 4.39 Å². The molecule has 2 N–H and O–H groups in total. The summed E-state index contributed by atoms with van der Waals surface area (Å²) in [6.07, 6.45) is 3.76. The van der Waals surface area contributed by atoms with Gasteiger partial charge in [-0.05, 0) is 62.4 Å². The summed E-state index contributed by atoms with van der Waals surface area (Å²) in [6.45, 7) is 4.38. The van der Waals surface area contributed by atoms with Crippen LogP contribution in [0.1, 0.15) is 45.1 Å². The topological polar surface area (TPSA) is 138 Å². The van der Waals surface area contributed by atoms with Crippen LogP contribution in [0.15, 0.2) is 47.5 Å². The summed E-state index contributed by atoms with van der Waals surface area (Å²) in [5, 5.41) is 0.275. The lowest BCUT2D eigenvalue weighted by Crippen LogP contribution is -2.51. The SMILES string of the molecule is CCONCc1ccc(-c2ccc3c(=O)n(CC[C@](C)(C(=O)NOC4CCCCO4)S(C)(=O)=O)cnc3c2)c(F)c1. The highest BCUT2D eigenvalue weighted by Crippen LogP contribution is 2.27. The quantitative estimate of drug-likeness (QED) is 0.241. The van der Waals surface area contributed by atoms with E-state index in [4.69, 9.17) is 14.4 Å². The number of sulfone groups is 1. The van der Waals surface area contributed by atoms with E-state index in [0.29, 0.717) is 48.4 Å². The summed E-state index contributed by atoms with van der Waals surface area (Å²) >= 11 is 0. The van der Waals surface area contributed by atoms with Crippen molar-refractivity contribution < 1.29 is 32.0 Å². The third-order valence-electron chi connectivity index (χ3n) is 7.24. The minimum Gasteiger partial charge on any atom is -0.350 e. The molecule has 13 heteroatoms. The number of aromatic nitrogens is 2. The molecule has 1 aliphatic heterocycles. The smallest absolute Gasteiger partial charge is 0.264 e. The van der Waals surface area contributed by atoms with Crippen molar-refractivity contribution in [2.45, 2.75) is 63.7 Å². The number of carbonyl (C=O) groups is 1. The second-order valence-corrected chi connectivity index (χ2v) is 12.6. The Labute approximate surface area is 237 Å². The third kappa shape index (κ3) is 7.16. The van der Waals surface area contributed by atoms with Crippen LogP contribution in [0.2, 0.25) is 0 Å². The van der Waals surface area contributed by atoms with Crippen molar-refractivity contribution in [3.63, 3.8) is 0 Å². The van der Waals surface area contributed by atoms with E-state index in [9.17, 15) is 22.4 Å². The van der Waals surface area contributed by atoms with Gasteiger partial charge in [-0.25, -0.2) is 28.1 Å². The Kier molecular flexibility index (Phi) is 9.87. The van der Waals surface area contributed by atoms with Gasteiger partial charge in [0.15, 0.2) is 20.9 Å². The first kappa shape index (κ1) is 30.7. The van der Waals surface area contributed by atoms with Gasteiger partial charge < -0.3 is 9.57 Å². The number of rotatable bonds is 12. The molecule has 1 fully saturated rings. The molecule has 0 bridgehead atoms. The molecule has 0 radical (unpaired) electrons. The van der Waals surface area contributed by atoms with Gasteiger partial charge in [0, 0.05) is 37.9 Å². The Bertz CT molecular complexity index is 1560. The monoisotopic (exact) mass is 590 g/mol. The van der Waals surface area contributed by atoms with Gasteiger partial charge in [0.25, 0.3) is 11.5 Å². The average Bonchev–Trinajstić information content (AvgIpc) is 2.95. The highest BCUT2D eigenvalue weighted by atomic mass is 32.2. The number of nitrogens with one attached hydrogen (secondary N) is 2. The van der Waals surface area contributed by atoms with E-state index in [0.717, 1.165) is 19.1 Å². The van der Waals surface area contributed by atoms with Crippen molar-refractivity contribution in [3.05, 3.63) is 64.5 Å². The minimum absolute atomic E-state index is 0.0910. The Morgan fingerprint density at radius 3 is 2.73 bits per heavy atom. The zero-order valence-electron chi connectivity index (χ0n) is 23.3. The lowest BCUT2D eigenvalue weighted by molar-refractivity contribution is -0.201. The summed E-state index contributed by atoms with van der Waals surface area (Å²) in [4.78, 5) is 40.9. The summed E-state index contributed by atoms with van der Waals surface area (Å²) in [5.74, 6) is -1.27. The molecule has 1 aromatic heterocycles. The number of fused-ring (bicyclic) bond motifs is 1. The van der Waals surface area contributed by atoms with E-state index < -0.39 is 38.2 Å². The van der Waals surface area contributed by atoms with Crippen molar-refractivity contribution in [2.24, 2.45) is 0 Å². The number of benzene rings is 2. The van der Waals surface area contributed by atoms with E-state index in [2.05, 4.69) is 15.9 Å². The normalized spacial score (nSPS) is 17.3. The first-order valence-electron chi connectivity index (χ1n) is 13.4. The van der Waals surface area contributed by atoms with Crippen LogP contribution < -0.4 is 16.5 Å². The summed E-state index contributed by atoms with van der Waals surface area (Å²) in [7, 11) is -3.91. The van der Waals surface area contributed by atoms with E-state index >= 15 is 0 Å². The van der Waals surface area contributed by atoms with Gasteiger partial charge in [-0.3, -0.25) is 14.2 Å². The molecule has 41 heavy (non-hydrogen) atoms. The number of ether oxygens (including phenoxy) is 1. The molecule has 222 valence electrons. The number of nitrogens with zero attached hydrogens (tertiary/aromatic N) is 2. The zero-order valence-corrected chi connectivity index (χ0v) is 24.1. The number of halogens is 1. The molecule has 1 amide bonds. The van der Waals surface area contributed by atoms with Crippen LogP contribution in [-0.2, 0) is 42.1 Å². The standard InChI is InChI=1S/C28H35FN4O7S/c1-4-39-31-17-19-8-10-21(23(29)15-19)20-9-11-22-24(16-20)30-18-33(26(22)34)13-12-28(2,41(3,36)37)27(35)32-40-25-7-5-6-14-38-25/h8-11,15-16,18,25,31H,4-7,12-14,17H2,1-3H3,(H,32,35)/t25?,28-/m1/s1.